The highest BCUT2D eigenvalue weighted by Crippen LogP contribution is 2.49. The summed E-state index contributed by atoms with van der Waals surface area (Å²) in [4.78, 5) is 1.21. The first kappa shape index (κ1) is 14.1. The monoisotopic (exact) mass is 385 g/mol. The minimum absolute atomic E-state index is 0.301. The molecule has 3 nitrogen and oxygen atoms in total. The average Bonchev–Trinajstić information content (AvgIpc) is 3.35. The van der Waals surface area contributed by atoms with Crippen LogP contribution in [0.1, 0.15) is 0 Å². The number of benzene rings is 3. The van der Waals surface area contributed by atoms with E-state index in [0.717, 1.165) is 9.40 Å². The normalized spacial score (nSPS) is 12.7. The number of aromatic hydroxyl groups is 2. The third-order valence-electron chi connectivity index (χ3n) is 5.50. The first-order valence-electron chi connectivity index (χ1n) is 8.65. The van der Waals surface area contributed by atoms with Crippen LogP contribution >= 0.6 is 22.7 Å². The van der Waals surface area contributed by atoms with Gasteiger partial charge in [-0.05, 0) is 36.4 Å². The Morgan fingerprint density at radius 3 is 2.19 bits per heavy atom. The summed E-state index contributed by atoms with van der Waals surface area (Å²) in [6.07, 6.45) is 0. The van der Waals surface area contributed by atoms with Gasteiger partial charge >= 0.3 is 0 Å². The second-order valence-corrected chi connectivity index (χ2v) is 9.04. The van der Waals surface area contributed by atoms with Crippen molar-refractivity contribution in [1.29, 1.82) is 0 Å². The van der Waals surface area contributed by atoms with Gasteiger partial charge in [-0.2, -0.15) is 0 Å². The van der Waals surface area contributed by atoms with Gasteiger partial charge in [-0.25, -0.2) is 0 Å². The molecular formula is C22H11NO2S2. The molecule has 27 heavy (non-hydrogen) atoms. The number of rotatable bonds is 0. The van der Waals surface area contributed by atoms with E-state index in [1.54, 1.807) is 34.8 Å². The van der Waals surface area contributed by atoms with Crippen LogP contribution in [0.15, 0.2) is 54.6 Å². The zero-order chi connectivity index (χ0) is 17.9. The number of hydrogen-bond acceptors (Lipinski definition) is 4. The molecule has 0 radical (unpaired) electrons. The predicted molar refractivity (Wildman–Crippen MR) is 115 cm³/mol. The fourth-order valence-corrected chi connectivity index (χ4v) is 6.96. The smallest absolute Gasteiger partial charge is 0.117 e. The van der Waals surface area contributed by atoms with Crippen molar-refractivity contribution in [2.75, 3.05) is 0 Å². The second-order valence-electron chi connectivity index (χ2n) is 6.96. The lowest BCUT2D eigenvalue weighted by molar-refractivity contribution is 0.475. The van der Waals surface area contributed by atoms with Crippen molar-refractivity contribution in [3.8, 4) is 11.5 Å². The minimum Gasteiger partial charge on any atom is -0.508 e. The molecule has 5 heteroatoms. The Bertz CT molecular complexity index is 1700. The fourth-order valence-electron chi connectivity index (χ4n) is 4.45. The first-order chi connectivity index (χ1) is 13.2. The summed E-state index contributed by atoms with van der Waals surface area (Å²) < 4.78 is 5.84. The number of phenolic OH excluding ortho intramolecular Hbond substituents is 2. The van der Waals surface area contributed by atoms with E-state index in [-0.39, 0.29) is 0 Å². The van der Waals surface area contributed by atoms with Crippen LogP contribution in [-0.2, 0) is 0 Å². The third-order valence-corrected chi connectivity index (χ3v) is 7.82. The van der Waals surface area contributed by atoms with Crippen molar-refractivity contribution < 1.29 is 10.2 Å². The molecule has 0 aliphatic rings. The van der Waals surface area contributed by atoms with E-state index in [1.807, 2.05) is 24.3 Å². The van der Waals surface area contributed by atoms with Gasteiger partial charge in [0, 0.05) is 36.3 Å². The molecule has 4 aromatic heterocycles. The van der Waals surface area contributed by atoms with Crippen LogP contribution in [0.2, 0.25) is 0 Å². The van der Waals surface area contributed by atoms with E-state index >= 15 is 0 Å². The van der Waals surface area contributed by atoms with Crippen LogP contribution in [0.5, 0.6) is 11.5 Å². The molecule has 0 saturated carbocycles. The topological polar surface area (TPSA) is 44.9 Å². The molecule has 0 aliphatic carbocycles. The van der Waals surface area contributed by atoms with Gasteiger partial charge in [-0.3, -0.25) is 4.40 Å². The number of para-hydroxylation sites is 1. The lowest BCUT2D eigenvalue weighted by atomic mass is 10.1. The number of nitrogens with zero attached hydrogens (tertiary/aromatic N) is 1. The van der Waals surface area contributed by atoms with Crippen LogP contribution in [0, 0.1) is 0 Å². The van der Waals surface area contributed by atoms with Crippen LogP contribution in [0.25, 0.3) is 56.9 Å². The van der Waals surface area contributed by atoms with E-state index in [9.17, 15) is 10.2 Å². The molecule has 0 amide bonds. The zero-order valence-electron chi connectivity index (χ0n) is 13.9. The lowest BCUT2D eigenvalue weighted by Crippen LogP contribution is -1.77. The third kappa shape index (κ3) is 1.54. The molecular weight excluding hydrogens is 374 g/mol. The molecule has 7 rings (SSSR count). The summed E-state index contributed by atoms with van der Waals surface area (Å²) in [5.74, 6) is 0.603. The van der Waals surface area contributed by atoms with Gasteiger partial charge in [-0.15, -0.1) is 22.7 Å². The van der Waals surface area contributed by atoms with Gasteiger partial charge in [0.05, 0.1) is 15.7 Å². The van der Waals surface area contributed by atoms with E-state index in [1.165, 1.54) is 47.5 Å². The van der Waals surface area contributed by atoms with Crippen LogP contribution < -0.4 is 0 Å². The maximum absolute atomic E-state index is 9.91. The standard InChI is InChI=1S/C22H11NO2S2/c24-10-4-6-12-16(8-10)27-22-18(12)14-2-1-3-15-19(14)23(22)20-13-7-5-11(25)9-17(13)26-21(15)20/h1-9,24-25H. The predicted octanol–water partition coefficient (Wildman–Crippen LogP) is 6.68. The molecule has 0 bridgehead atoms. The number of aromatic nitrogens is 1. The van der Waals surface area contributed by atoms with E-state index in [0.29, 0.717) is 11.5 Å². The van der Waals surface area contributed by atoms with E-state index < -0.39 is 0 Å². The number of fused-ring (bicyclic) bond motifs is 10. The Kier molecular flexibility index (Phi) is 2.32. The zero-order valence-corrected chi connectivity index (χ0v) is 15.5. The lowest BCUT2D eigenvalue weighted by Gasteiger charge is -1.96. The van der Waals surface area contributed by atoms with Crippen molar-refractivity contribution in [2.45, 2.75) is 0 Å². The van der Waals surface area contributed by atoms with Crippen molar-refractivity contribution in [1.82, 2.24) is 4.40 Å². The summed E-state index contributed by atoms with van der Waals surface area (Å²) in [7, 11) is 0. The molecule has 0 atom stereocenters. The maximum atomic E-state index is 9.91. The van der Waals surface area contributed by atoms with Crippen molar-refractivity contribution in [3.63, 3.8) is 0 Å². The van der Waals surface area contributed by atoms with Crippen molar-refractivity contribution >= 4 is 79.6 Å². The van der Waals surface area contributed by atoms with Crippen molar-refractivity contribution in [3.05, 3.63) is 54.6 Å². The molecule has 4 heterocycles. The number of thiophene rings is 2. The van der Waals surface area contributed by atoms with Gasteiger partial charge in [-0.1, -0.05) is 18.2 Å². The van der Waals surface area contributed by atoms with Crippen LogP contribution in [0.4, 0.5) is 0 Å². The Hall–Kier alpha value is -3.02. The Balaban J connectivity index is 1.86. The maximum Gasteiger partial charge on any atom is 0.117 e. The summed E-state index contributed by atoms with van der Waals surface area (Å²) >= 11 is 3.46. The average molecular weight is 385 g/mol. The van der Waals surface area contributed by atoms with E-state index in [2.05, 4.69) is 22.6 Å². The Morgan fingerprint density at radius 2 is 1.37 bits per heavy atom. The highest BCUT2D eigenvalue weighted by molar-refractivity contribution is 7.27. The fraction of sp³-hybridized carbons (Fsp3) is 0. The molecule has 128 valence electrons. The van der Waals surface area contributed by atoms with Gasteiger partial charge in [0.25, 0.3) is 0 Å². The van der Waals surface area contributed by atoms with Gasteiger partial charge in [0.1, 0.15) is 16.3 Å². The van der Waals surface area contributed by atoms with Gasteiger partial charge in [0.2, 0.25) is 0 Å². The van der Waals surface area contributed by atoms with Crippen LogP contribution in [0.3, 0.4) is 0 Å². The molecule has 0 fully saturated rings. The number of phenols is 2. The molecule has 0 saturated heterocycles. The quantitative estimate of drug-likeness (QED) is 0.306. The number of hydrogen-bond donors (Lipinski definition) is 2. The highest BCUT2D eigenvalue weighted by atomic mass is 32.1. The molecule has 2 N–H and O–H groups in total. The van der Waals surface area contributed by atoms with Crippen molar-refractivity contribution in [2.24, 2.45) is 0 Å². The summed E-state index contributed by atoms with van der Waals surface area (Å²) in [6.45, 7) is 0. The summed E-state index contributed by atoms with van der Waals surface area (Å²) in [5, 5.41) is 26.0. The molecule has 0 spiro atoms. The van der Waals surface area contributed by atoms with Gasteiger partial charge < -0.3 is 10.2 Å². The molecule has 7 aromatic rings. The molecule has 0 aliphatic heterocycles. The highest BCUT2D eigenvalue weighted by Gasteiger charge is 2.23. The first-order valence-corrected chi connectivity index (χ1v) is 10.3. The SMILES string of the molecule is Oc1ccc2c(c1)sc1c2c2cccc3c4sc5cc(O)ccc5c4n1c32. The van der Waals surface area contributed by atoms with E-state index in [4.69, 9.17) is 0 Å². The Labute approximate surface area is 160 Å². The van der Waals surface area contributed by atoms with Crippen LogP contribution in [-0.4, -0.2) is 14.6 Å². The minimum atomic E-state index is 0.301. The van der Waals surface area contributed by atoms with Gasteiger partial charge in [0.15, 0.2) is 0 Å². The second kappa shape index (κ2) is 4.44. The summed E-state index contributed by atoms with van der Waals surface area (Å²) in [5.41, 5.74) is 2.48. The molecule has 3 aromatic carbocycles. The Morgan fingerprint density at radius 1 is 0.667 bits per heavy atom. The summed E-state index contributed by atoms with van der Waals surface area (Å²) in [6, 6.07) is 17.8. The molecule has 0 unspecified atom stereocenters. The largest absolute Gasteiger partial charge is 0.508 e.